The first-order valence-electron chi connectivity index (χ1n) is 16.5. The average Bonchev–Trinajstić information content (AvgIpc) is 3.80. The lowest BCUT2D eigenvalue weighted by atomic mass is 10.1. The van der Waals surface area contributed by atoms with Gasteiger partial charge >= 0.3 is 0 Å². The summed E-state index contributed by atoms with van der Waals surface area (Å²) >= 11 is 1.78. The number of hydrogen-bond donors (Lipinski definition) is 0. The molecule has 3 heterocycles. The zero-order valence-electron chi connectivity index (χ0n) is 27.1. The number of thioether (sulfide) groups is 1. The molecule has 0 atom stereocenters. The smallest absolute Gasteiger partial charge is 0.231 e. The highest BCUT2D eigenvalue weighted by Crippen LogP contribution is 2.38. The van der Waals surface area contributed by atoms with E-state index in [-0.39, 0.29) is 13.6 Å². The van der Waals surface area contributed by atoms with Gasteiger partial charge in [-0.1, -0.05) is 80.5 Å². The van der Waals surface area contributed by atoms with Gasteiger partial charge < -0.3 is 23.5 Å². The average molecular weight is 648 g/mol. The fourth-order valence-electron chi connectivity index (χ4n) is 6.41. The van der Waals surface area contributed by atoms with E-state index in [0.717, 1.165) is 79.0 Å². The largest absolute Gasteiger partial charge is 0.454 e. The number of aromatic nitrogens is 2. The number of allylic oxidation sites excluding steroid dienone is 5. The summed E-state index contributed by atoms with van der Waals surface area (Å²) in [6.45, 7) is 5.84. The SMILES string of the molecule is CCCCCn1c(-c2ccccc2)nc(C2=CCC=CC=C2SC)c1CN(Cc1ccc2c(c1)OCO2)Cc1ccc2c(c1)OCO2. The minimum Gasteiger partial charge on any atom is -0.454 e. The number of imidazole rings is 1. The molecule has 0 saturated carbocycles. The molecular formula is C39H41N3O4S. The van der Waals surface area contributed by atoms with Crippen LogP contribution in [0.4, 0.5) is 0 Å². The summed E-state index contributed by atoms with van der Waals surface area (Å²) in [4.78, 5) is 9.23. The summed E-state index contributed by atoms with van der Waals surface area (Å²) in [7, 11) is 0. The first kappa shape index (κ1) is 31.2. The van der Waals surface area contributed by atoms with Crippen molar-refractivity contribution in [3.63, 3.8) is 0 Å². The van der Waals surface area contributed by atoms with Gasteiger partial charge in [-0.15, -0.1) is 11.8 Å². The first-order valence-corrected chi connectivity index (χ1v) is 17.7. The van der Waals surface area contributed by atoms with Crippen molar-refractivity contribution >= 4 is 17.3 Å². The van der Waals surface area contributed by atoms with Crippen LogP contribution in [0.5, 0.6) is 23.0 Å². The highest BCUT2D eigenvalue weighted by molar-refractivity contribution is 8.03. The van der Waals surface area contributed by atoms with Gasteiger partial charge in [-0.2, -0.15) is 0 Å². The Morgan fingerprint density at radius 3 is 2.15 bits per heavy atom. The van der Waals surface area contributed by atoms with Crippen molar-refractivity contribution in [2.75, 3.05) is 19.8 Å². The third-order valence-corrected chi connectivity index (χ3v) is 9.53. The second kappa shape index (κ2) is 14.6. The van der Waals surface area contributed by atoms with Crippen molar-refractivity contribution in [2.45, 2.75) is 58.8 Å². The molecule has 4 aromatic rings. The quantitative estimate of drug-likeness (QED) is 0.134. The fraction of sp³-hybridized carbons (Fsp3) is 0.308. The summed E-state index contributed by atoms with van der Waals surface area (Å²) < 4.78 is 25.3. The Hall–Kier alpha value is -4.40. The van der Waals surface area contributed by atoms with Gasteiger partial charge in [0.1, 0.15) is 5.82 Å². The van der Waals surface area contributed by atoms with Crippen LogP contribution in [-0.2, 0) is 26.2 Å². The van der Waals surface area contributed by atoms with Crippen molar-refractivity contribution in [1.82, 2.24) is 14.5 Å². The third-order valence-electron chi connectivity index (χ3n) is 8.73. The van der Waals surface area contributed by atoms with E-state index in [0.29, 0.717) is 6.54 Å². The Morgan fingerprint density at radius 2 is 1.49 bits per heavy atom. The number of hydrogen-bond acceptors (Lipinski definition) is 7. The Kier molecular flexibility index (Phi) is 9.68. The van der Waals surface area contributed by atoms with Gasteiger partial charge in [-0.25, -0.2) is 4.98 Å². The second-order valence-corrected chi connectivity index (χ2v) is 12.8. The Morgan fingerprint density at radius 1 is 0.809 bits per heavy atom. The molecule has 8 heteroatoms. The standard InChI is InChI=1S/C39H41N3O4S/c1-3-4-11-20-42-32(38(31-14-9-6-10-15-37(31)47-2)40-39(42)30-12-7-5-8-13-30)25-41(23-28-16-18-33-35(21-28)45-26-43-33)24-29-17-19-34-36(22-29)46-27-44-34/h5-8,10,12-19,21-22H,3-4,9,11,20,23-27H2,1-2H3. The summed E-state index contributed by atoms with van der Waals surface area (Å²) in [6.07, 6.45) is 15.4. The first-order chi connectivity index (χ1) is 23.2. The second-order valence-electron chi connectivity index (χ2n) is 12.0. The van der Waals surface area contributed by atoms with Gasteiger partial charge in [0.15, 0.2) is 23.0 Å². The van der Waals surface area contributed by atoms with E-state index in [1.54, 1.807) is 11.8 Å². The Labute approximate surface area is 281 Å². The minimum absolute atomic E-state index is 0.261. The lowest BCUT2D eigenvalue weighted by molar-refractivity contribution is 0.173. The molecule has 0 radical (unpaired) electrons. The third kappa shape index (κ3) is 6.99. The van der Waals surface area contributed by atoms with Gasteiger partial charge in [0.05, 0.1) is 11.4 Å². The van der Waals surface area contributed by atoms with Crippen LogP contribution >= 0.6 is 11.8 Å². The fourth-order valence-corrected chi connectivity index (χ4v) is 7.02. The van der Waals surface area contributed by atoms with Crippen molar-refractivity contribution in [3.05, 3.63) is 118 Å². The molecule has 0 spiro atoms. The van der Waals surface area contributed by atoms with Crippen LogP contribution in [-0.4, -0.2) is 34.3 Å². The van der Waals surface area contributed by atoms with E-state index in [4.69, 9.17) is 23.9 Å². The summed E-state index contributed by atoms with van der Waals surface area (Å²) in [5.74, 6) is 4.22. The number of nitrogens with zero attached hydrogens (tertiary/aromatic N) is 3. The van der Waals surface area contributed by atoms with Crippen LogP contribution in [0.1, 0.15) is 55.1 Å². The Balaban J connectivity index is 1.33. The van der Waals surface area contributed by atoms with E-state index in [2.05, 4.69) is 102 Å². The van der Waals surface area contributed by atoms with E-state index in [9.17, 15) is 0 Å². The Bertz CT molecular complexity index is 1750. The van der Waals surface area contributed by atoms with Crippen molar-refractivity contribution in [3.8, 4) is 34.4 Å². The lowest BCUT2D eigenvalue weighted by Crippen LogP contribution is -2.25. The molecule has 7 rings (SSSR count). The van der Waals surface area contributed by atoms with E-state index in [1.807, 2.05) is 12.1 Å². The van der Waals surface area contributed by atoms with Gasteiger partial charge in [0, 0.05) is 42.2 Å². The maximum Gasteiger partial charge on any atom is 0.231 e. The molecule has 0 N–H and O–H groups in total. The number of rotatable bonds is 13. The molecule has 0 saturated heterocycles. The molecule has 3 aliphatic rings. The van der Waals surface area contributed by atoms with Crippen LogP contribution in [0.25, 0.3) is 17.0 Å². The minimum atomic E-state index is 0.261. The molecule has 3 aromatic carbocycles. The number of benzene rings is 3. The van der Waals surface area contributed by atoms with Crippen LogP contribution in [0.3, 0.4) is 0 Å². The molecule has 0 fully saturated rings. The molecule has 1 aromatic heterocycles. The number of ether oxygens (including phenoxy) is 4. The molecule has 242 valence electrons. The van der Waals surface area contributed by atoms with Gasteiger partial charge in [-0.3, -0.25) is 4.90 Å². The molecule has 0 unspecified atom stereocenters. The monoisotopic (exact) mass is 647 g/mol. The lowest BCUT2D eigenvalue weighted by Gasteiger charge is -2.25. The van der Waals surface area contributed by atoms with E-state index >= 15 is 0 Å². The summed E-state index contributed by atoms with van der Waals surface area (Å²) in [6, 6.07) is 23.2. The predicted octanol–water partition coefficient (Wildman–Crippen LogP) is 8.99. The van der Waals surface area contributed by atoms with Crippen molar-refractivity contribution in [1.29, 1.82) is 0 Å². The topological polar surface area (TPSA) is 58.0 Å². The highest BCUT2D eigenvalue weighted by atomic mass is 32.2. The molecule has 47 heavy (non-hydrogen) atoms. The molecule has 1 aliphatic carbocycles. The highest BCUT2D eigenvalue weighted by Gasteiger charge is 2.26. The van der Waals surface area contributed by atoms with E-state index in [1.165, 1.54) is 33.7 Å². The van der Waals surface area contributed by atoms with Gasteiger partial charge in [0.25, 0.3) is 0 Å². The van der Waals surface area contributed by atoms with Gasteiger partial charge in [0.2, 0.25) is 13.6 Å². The van der Waals surface area contributed by atoms with Crippen LogP contribution in [0, 0.1) is 0 Å². The number of fused-ring (bicyclic) bond motifs is 2. The van der Waals surface area contributed by atoms with Crippen LogP contribution < -0.4 is 18.9 Å². The molecule has 7 nitrogen and oxygen atoms in total. The normalized spacial score (nSPS) is 14.8. The molecule has 0 amide bonds. The molecule has 2 aliphatic heterocycles. The van der Waals surface area contributed by atoms with Crippen molar-refractivity contribution < 1.29 is 18.9 Å². The number of unbranched alkanes of at least 4 members (excludes halogenated alkanes) is 2. The van der Waals surface area contributed by atoms with E-state index < -0.39 is 0 Å². The molecule has 0 bridgehead atoms. The maximum atomic E-state index is 5.76. The van der Waals surface area contributed by atoms with Crippen LogP contribution in [0.2, 0.25) is 0 Å². The van der Waals surface area contributed by atoms with Gasteiger partial charge in [-0.05, 0) is 60.6 Å². The van der Waals surface area contributed by atoms with Crippen molar-refractivity contribution in [2.24, 2.45) is 0 Å². The summed E-state index contributed by atoms with van der Waals surface area (Å²) in [5, 5.41) is 0. The summed E-state index contributed by atoms with van der Waals surface area (Å²) in [5.41, 5.74) is 6.96. The maximum absolute atomic E-state index is 5.76. The zero-order chi connectivity index (χ0) is 32.0. The molecular weight excluding hydrogens is 607 g/mol. The zero-order valence-corrected chi connectivity index (χ0v) is 27.9. The van der Waals surface area contributed by atoms with Crippen LogP contribution in [0.15, 0.2) is 95.9 Å². The predicted molar refractivity (Wildman–Crippen MR) is 189 cm³/mol.